The molecule has 4 unspecified atom stereocenters. The van der Waals surface area contributed by atoms with E-state index >= 15 is 0 Å². The number of hydrogen-bond donors (Lipinski definition) is 3. The van der Waals surface area contributed by atoms with E-state index < -0.39 is 7.12 Å². The van der Waals surface area contributed by atoms with Crippen LogP contribution in [0.3, 0.4) is 0 Å². The predicted octanol–water partition coefficient (Wildman–Crippen LogP) is 1.24. The smallest absolute Gasteiger partial charge is 0.427 e. The van der Waals surface area contributed by atoms with Gasteiger partial charge < -0.3 is 10.0 Å². The lowest BCUT2D eigenvalue weighted by atomic mass is 9.83. The van der Waals surface area contributed by atoms with Gasteiger partial charge in [0.05, 0.1) is 5.38 Å². The molecule has 4 nitrogen and oxygen atoms in total. The van der Waals surface area contributed by atoms with Crippen molar-refractivity contribution in [3.05, 3.63) is 0 Å². The SMILES string of the molecule is OB(O)CCCCCN1CNC2CC(Cl)CC(Cl)C21. The molecule has 0 radical (unpaired) electrons. The van der Waals surface area contributed by atoms with E-state index in [4.69, 9.17) is 33.2 Å². The lowest BCUT2D eigenvalue weighted by molar-refractivity contribution is 0.209. The van der Waals surface area contributed by atoms with Crippen molar-refractivity contribution < 1.29 is 10.0 Å². The normalized spacial score (nSPS) is 35.4. The Morgan fingerprint density at radius 1 is 1.16 bits per heavy atom. The summed E-state index contributed by atoms with van der Waals surface area (Å²) < 4.78 is 0. The minimum Gasteiger partial charge on any atom is -0.427 e. The summed E-state index contributed by atoms with van der Waals surface area (Å²) in [5, 5.41) is 21.4. The summed E-state index contributed by atoms with van der Waals surface area (Å²) in [5.41, 5.74) is 0. The van der Waals surface area contributed by atoms with Gasteiger partial charge >= 0.3 is 7.12 Å². The first-order chi connectivity index (χ1) is 9.08. The molecule has 19 heavy (non-hydrogen) atoms. The zero-order valence-corrected chi connectivity index (χ0v) is 12.7. The molecule has 7 heteroatoms. The van der Waals surface area contributed by atoms with Crippen molar-refractivity contribution in [2.24, 2.45) is 0 Å². The second kappa shape index (κ2) is 7.48. The average Bonchev–Trinajstić information content (AvgIpc) is 2.71. The fraction of sp³-hybridized carbons (Fsp3) is 1.00. The highest BCUT2D eigenvalue weighted by Gasteiger charge is 2.43. The number of nitrogens with zero attached hydrogens (tertiary/aromatic N) is 1. The predicted molar refractivity (Wildman–Crippen MR) is 79.7 cm³/mol. The van der Waals surface area contributed by atoms with Gasteiger partial charge in [0.1, 0.15) is 0 Å². The molecule has 1 saturated carbocycles. The third-order valence-corrected chi connectivity index (χ3v) is 4.95. The molecule has 0 aromatic rings. The summed E-state index contributed by atoms with van der Waals surface area (Å²) >= 11 is 12.7. The van der Waals surface area contributed by atoms with Gasteiger partial charge in [-0.15, -0.1) is 23.2 Å². The molecule has 4 atom stereocenters. The lowest BCUT2D eigenvalue weighted by Gasteiger charge is -2.36. The van der Waals surface area contributed by atoms with Gasteiger partial charge in [-0.3, -0.25) is 10.2 Å². The van der Waals surface area contributed by atoms with Crippen molar-refractivity contribution in [3.8, 4) is 0 Å². The van der Waals surface area contributed by atoms with Crippen molar-refractivity contribution in [2.45, 2.75) is 61.3 Å². The van der Waals surface area contributed by atoms with Gasteiger partial charge in [0, 0.05) is 24.1 Å². The molecule has 0 spiro atoms. The Morgan fingerprint density at radius 2 is 1.95 bits per heavy atom. The third kappa shape index (κ3) is 4.48. The van der Waals surface area contributed by atoms with Crippen LogP contribution in [-0.2, 0) is 0 Å². The highest BCUT2D eigenvalue weighted by molar-refractivity contribution is 6.40. The molecule has 0 aromatic carbocycles. The van der Waals surface area contributed by atoms with Crippen LogP contribution in [0, 0.1) is 0 Å². The van der Waals surface area contributed by atoms with Crippen molar-refractivity contribution in [1.82, 2.24) is 10.2 Å². The number of fused-ring (bicyclic) bond motifs is 1. The molecule has 1 heterocycles. The molecule has 3 N–H and O–H groups in total. The van der Waals surface area contributed by atoms with Gasteiger partial charge in [-0.2, -0.15) is 0 Å². The lowest BCUT2D eigenvalue weighted by Crippen LogP contribution is -2.49. The summed E-state index contributed by atoms with van der Waals surface area (Å²) in [6.45, 7) is 1.91. The summed E-state index contributed by atoms with van der Waals surface area (Å²) in [7, 11) is -1.16. The van der Waals surface area contributed by atoms with E-state index in [1.54, 1.807) is 0 Å². The van der Waals surface area contributed by atoms with Gasteiger partial charge in [0.15, 0.2) is 0 Å². The molecule has 2 fully saturated rings. The quantitative estimate of drug-likeness (QED) is 0.392. The van der Waals surface area contributed by atoms with Crippen molar-refractivity contribution >= 4 is 30.3 Å². The highest BCUT2D eigenvalue weighted by atomic mass is 35.5. The maximum atomic E-state index is 8.78. The van der Waals surface area contributed by atoms with Crippen molar-refractivity contribution in [2.75, 3.05) is 13.2 Å². The molecule has 110 valence electrons. The summed E-state index contributed by atoms with van der Waals surface area (Å²) in [5.74, 6) is 0. The minimum atomic E-state index is -1.16. The molecule has 1 saturated heterocycles. The number of unbranched alkanes of at least 4 members (excludes halogenated alkanes) is 2. The van der Waals surface area contributed by atoms with Gasteiger partial charge in [-0.25, -0.2) is 0 Å². The van der Waals surface area contributed by atoms with E-state index in [9.17, 15) is 0 Å². The van der Waals surface area contributed by atoms with E-state index in [1.165, 1.54) is 0 Å². The molecule has 1 aliphatic heterocycles. The number of hydrogen-bond acceptors (Lipinski definition) is 4. The van der Waals surface area contributed by atoms with Gasteiger partial charge in [0.2, 0.25) is 0 Å². The summed E-state index contributed by atoms with van der Waals surface area (Å²) in [4.78, 5) is 2.42. The van der Waals surface area contributed by atoms with Crippen molar-refractivity contribution in [1.29, 1.82) is 0 Å². The topological polar surface area (TPSA) is 55.7 Å². The summed E-state index contributed by atoms with van der Waals surface area (Å²) in [6, 6.07) is 0.832. The first-order valence-corrected chi connectivity index (χ1v) is 8.07. The van der Waals surface area contributed by atoms with Crippen LogP contribution in [-0.4, -0.2) is 58.1 Å². The number of nitrogens with one attached hydrogen (secondary N) is 1. The minimum absolute atomic E-state index is 0.135. The van der Waals surface area contributed by atoms with Crippen LogP contribution in [0.4, 0.5) is 0 Å². The molecule has 0 amide bonds. The zero-order chi connectivity index (χ0) is 13.8. The van der Waals surface area contributed by atoms with Crippen molar-refractivity contribution in [3.63, 3.8) is 0 Å². The van der Waals surface area contributed by atoms with Crippen LogP contribution in [0.1, 0.15) is 32.1 Å². The number of rotatable bonds is 6. The maximum absolute atomic E-state index is 8.78. The van der Waals surface area contributed by atoms with E-state index in [0.717, 1.165) is 45.3 Å². The third-order valence-electron chi connectivity index (χ3n) is 4.16. The first kappa shape index (κ1) is 15.9. The van der Waals surface area contributed by atoms with E-state index in [1.807, 2.05) is 0 Å². The van der Waals surface area contributed by atoms with Gasteiger partial charge in [-0.1, -0.05) is 12.8 Å². The molecular weight excluding hydrogens is 286 g/mol. The van der Waals surface area contributed by atoms with Crippen LogP contribution in [0.5, 0.6) is 0 Å². The molecule has 0 aromatic heterocycles. The maximum Gasteiger partial charge on any atom is 0.451 e. The Kier molecular flexibility index (Phi) is 6.25. The molecule has 0 bridgehead atoms. The number of alkyl halides is 2. The molecule has 2 rings (SSSR count). The number of halogens is 2. The molecule has 1 aliphatic carbocycles. The first-order valence-electron chi connectivity index (χ1n) is 7.19. The van der Waals surface area contributed by atoms with Crippen LogP contribution in [0.2, 0.25) is 6.32 Å². The molecule has 2 aliphatic rings. The van der Waals surface area contributed by atoms with Crippen LogP contribution >= 0.6 is 23.2 Å². The Hall–Kier alpha value is 0.485. The van der Waals surface area contributed by atoms with Gasteiger partial charge in [0.25, 0.3) is 0 Å². The van der Waals surface area contributed by atoms with E-state index in [2.05, 4.69) is 10.2 Å². The largest absolute Gasteiger partial charge is 0.451 e. The fourth-order valence-corrected chi connectivity index (χ4v) is 4.25. The van der Waals surface area contributed by atoms with E-state index in [-0.39, 0.29) is 10.8 Å². The highest BCUT2D eigenvalue weighted by Crippen LogP contribution is 2.33. The monoisotopic (exact) mass is 308 g/mol. The molecular formula is C12H23BCl2N2O2. The Morgan fingerprint density at radius 3 is 2.68 bits per heavy atom. The summed E-state index contributed by atoms with van der Waals surface area (Å²) in [6.07, 6.45) is 5.32. The second-order valence-electron chi connectivity index (χ2n) is 5.69. The Bertz CT molecular complexity index is 286. The average molecular weight is 309 g/mol. The van der Waals surface area contributed by atoms with Crippen LogP contribution in [0.25, 0.3) is 0 Å². The zero-order valence-electron chi connectivity index (χ0n) is 11.1. The van der Waals surface area contributed by atoms with Crippen LogP contribution < -0.4 is 5.32 Å². The van der Waals surface area contributed by atoms with E-state index in [0.29, 0.717) is 18.4 Å². The van der Waals surface area contributed by atoms with Crippen LogP contribution in [0.15, 0.2) is 0 Å². The fourth-order valence-electron chi connectivity index (χ4n) is 3.22. The second-order valence-corrected chi connectivity index (χ2v) is 6.86. The Labute approximate surface area is 125 Å². The standard InChI is InChI=1S/C12H23BCl2N2O2/c14-9-6-10(15)12-11(7-9)16-8-17(12)5-3-1-2-4-13(18)19/h9-12,16,18-19H,1-8H2. The van der Waals surface area contributed by atoms with Gasteiger partial charge in [-0.05, 0) is 32.1 Å². The Balaban J connectivity index is 1.70.